The van der Waals surface area contributed by atoms with Gasteiger partial charge in [0.15, 0.2) is 0 Å². The van der Waals surface area contributed by atoms with Crippen LogP contribution in [0.1, 0.15) is 24.5 Å². The Balaban J connectivity index is 0.000000970. The molecule has 0 unspecified atom stereocenters. The molecule has 0 spiro atoms. The van der Waals surface area contributed by atoms with E-state index < -0.39 is 11.6 Å². The van der Waals surface area contributed by atoms with E-state index in [0.29, 0.717) is 19.5 Å². The molecule has 0 bridgehead atoms. The Morgan fingerprint density at radius 1 is 1.08 bits per heavy atom. The molecule has 4 N–H and O–H groups in total. The Kier molecular flexibility index (Phi) is 8.15. The van der Waals surface area contributed by atoms with E-state index in [1.54, 1.807) is 0 Å². The van der Waals surface area contributed by atoms with Crippen LogP contribution in [0.4, 0.5) is 4.79 Å². The molecule has 0 aromatic heterocycles. The number of primary amides is 1. The first-order valence-corrected chi connectivity index (χ1v) is 7.95. The van der Waals surface area contributed by atoms with E-state index >= 15 is 0 Å². The van der Waals surface area contributed by atoms with Crippen LogP contribution in [0.3, 0.4) is 0 Å². The molecule has 6 heteroatoms. The lowest BCUT2D eigenvalue weighted by molar-refractivity contribution is -0.122. The topological polar surface area (TPSA) is 104 Å². The van der Waals surface area contributed by atoms with Gasteiger partial charge >= 0.3 is 6.03 Å². The van der Waals surface area contributed by atoms with Crippen LogP contribution in [0, 0.1) is 0 Å². The highest BCUT2D eigenvalue weighted by atomic mass is 16.3. The van der Waals surface area contributed by atoms with Crippen molar-refractivity contribution >= 4 is 12.5 Å². The predicted octanol–water partition coefficient (Wildman–Crippen LogP) is 2.41. The molecule has 0 fully saturated rings. The number of amides is 2. The van der Waals surface area contributed by atoms with Gasteiger partial charge < -0.3 is 20.8 Å². The van der Waals surface area contributed by atoms with Crippen molar-refractivity contribution in [3.63, 3.8) is 0 Å². The first-order valence-electron chi connectivity index (χ1n) is 7.95. The Labute approximate surface area is 147 Å². The number of urea groups is 1. The highest BCUT2D eigenvalue weighted by molar-refractivity contribution is 5.71. The van der Waals surface area contributed by atoms with E-state index in [1.807, 2.05) is 67.6 Å². The standard InChI is InChI=1S/C18H22N2O2.CH2O2/c1-2-20(17(19)21)14-13-18(22,15-9-5-3-6-10-15)16-11-7-4-8-12-16;2-1-3/h3-12,22H,2,13-14H2,1H3,(H2,19,21);1H,(H,2,3). The van der Waals surface area contributed by atoms with Gasteiger partial charge in [-0.3, -0.25) is 4.79 Å². The maximum absolute atomic E-state index is 11.4. The number of carboxylic acid groups (broad SMARTS) is 1. The number of carbonyl (C=O) groups is 2. The first-order chi connectivity index (χ1) is 12.0. The normalized spacial score (nSPS) is 10.3. The molecule has 0 aliphatic rings. The van der Waals surface area contributed by atoms with Gasteiger partial charge in [-0.2, -0.15) is 0 Å². The molecule has 25 heavy (non-hydrogen) atoms. The lowest BCUT2D eigenvalue weighted by Crippen LogP contribution is -2.40. The fourth-order valence-electron chi connectivity index (χ4n) is 2.60. The molecule has 2 aromatic rings. The van der Waals surface area contributed by atoms with Gasteiger partial charge in [0.1, 0.15) is 5.60 Å². The number of nitrogens with two attached hydrogens (primary N) is 1. The predicted molar refractivity (Wildman–Crippen MR) is 96.0 cm³/mol. The van der Waals surface area contributed by atoms with Crippen LogP contribution in [0.5, 0.6) is 0 Å². The van der Waals surface area contributed by atoms with E-state index in [1.165, 1.54) is 4.90 Å². The van der Waals surface area contributed by atoms with Crippen LogP contribution >= 0.6 is 0 Å². The van der Waals surface area contributed by atoms with Gasteiger partial charge in [0, 0.05) is 19.5 Å². The molecule has 0 atom stereocenters. The highest BCUT2D eigenvalue weighted by Crippen LogP contribution is 2.33. The number of hydrogen-bond donors (Lipinski definition) is 3. The molecule has 0 radical (unpaired) electrons. The Hall–Kier alpha value is -2.86. The molecule has 0 saturated carbocycles. The summed E-state index contributed by atoms with van der Waals surface area (Å²) in [5.41, 5.74) is 5.83. The van der Waals surface area contributed by atoms with Gasteiger partial charge in [0.25, 0.3) is 6.47 Å². The summed E-state index contributed by atoms with van der Waals surface area (Å²) in [5.74, 6) is 0. The minimum atomic E-state index is -1.15. The Bertz CT molecular complexity index is 607. The van der Waals surface area contributed by atoms with Gasteiger partial charge in [-0.15, -0.1) is 0 Å². The summed E-state index contributed by atoms with van der Waals surface area (Å²) in [4.78, 5) is 21.3. The molecule has 0 saturated heterocycles. The molecule has 134 valence electrons. The first kappa shape index (κ1) is 20.2. The van der Waals surface area contributed by atoms with E-state index in [0.717, 1.165) is 11.1 Å². The second-order valence-corrected chi connectivity index (χ2v) is 5.37. The highest BCUT2D eigenvalue weighted by Gasteiger charge is 2.31. The number of rotatable bonds is 6. The van der Waals surface area contributed by atoms with Crippen molar-refractivity contribution in [2.75, 3.05) is 13.1 Å². The maximum atomic E-state index is 11.4. The molecule has 2 aromatic carbocycles. The molecule has 2 rings (SSSR count). The number of carbonyl (C=O) groups excluding carboxylic acids is 1. The summed E-state index contributed by atoms with van der Waals surface area (Å²) in [6.45, 7) is 2.54. The Morgan fingerprint density at radius 3 is 1.80 bits per heavy atom. The van der Waals surface area contributed by atoms with Crippen molar-refractivity contribution in [3.8, 4) is 0 Å². The van der Waals surface area contributed by atoms with Crippen molar-refractivity contribution in [2.24, 2.45) is 5.73 Å². The summed E-state index contributed by atoms with van der Waals surface area (Å²) in [7, 11) is 0. The van der Waals surface area contributed by atoms with Crippen molar-refractivity contribution < 1.29 is 19.8 Å². The quantitative estimate of drug-likeness (QED) is 0.700. The molecular weight excluding hydrogens is 320 g/mol. The van der Waals surface area contributed by atoms with Crippen molar-refractivity contribution in [3.05, 3.63) is 71.8 Å². The number of hydrogen-bond acceptors (Lipinski definition) is 3. The summed E-state index contributed by atoms with van der Waals surface area (Å²) in [6, 6.07) is 18.5. The second kappa shape index (κ2) is 10.1. The average Bonchev–Trinajstić information content (AvgIpc) is 2.64. The summed E-state index contributed by atoms with van der Waals surface area (Å²) in [6.07, 6.45) is 0.387. The van der Waals surface area contributed by atoms with Gasteiger partial charge in [-0.05, 0) is 18.1 Å². The molecule has 0 heterocycles. The summed E-state index contributed by atoms with van der Waals surface area (Å²) < 4.78 is 0. The molecule has 2 amide bonds. The lowest BCUT2D eigenvalue weighted by atomic mass is 9.83. The SMILES string of the molecule is CCN(CCC(O)(c1ccccc1)c1ccccc1)C(N)=O.O=CO. The average molecular weight is 344 g/mol. The fourth-order valence-corrected chi connectivity index (χ4v) is 2.60. The van der Waals surface area contributed by atoms with Crippen LogP contribution in [0.25, 0.3) is 0 Å². The zero-order chi connectivity index (χ0) is 18.7. The van der Waals surface area contributed by atoms with Crippen LogP contribution in [0.2, 0.25) is 0 Å². The van der Waals surface area contributed by atoms with Gasteiger partial charge in [-0.1, -0.05) is 60.7 Å². The molecular formula is C19H24N2O4. The third-order valence-electron chi connectivity index (χ3n) is 3.94. The van der Waals surface area contributed by atoms with Crippen LogP contribution in [-0.2, 0) is 10.4 Å². The van der Waals surface area contributed by atoms with Crippen molar-refractivity contribution in [1.82, 2.24) is 4.90 Å². The summed E-state index contributed by atoms with van der Waals surface area (Å²) >= 11 is 0. The van der Waals surface area contributed by atoms with E-state index in [4.69, 9.17) is 15.6 Å². The smallest absolute Gasteiger partial charge is 0.314 e. The van der Waals surface area contributed by atoms with Gasteiger partial charge in [-0.25, -0.2) is 4.79 Å². The monoisotopic (exact) mass is 344 g/mol. The molecule has 6 nitrogen and oxygen atoms in total. The van der Waals surface area contributed by atoms with E-state index in [9.17, 15) is 9.90 Å². The Morgan fingerprint density at radius 2 is 1.48 bits per heavy atom. The number of nitrogens with zero attached hydrogens (tertiary/aromatic N) is 1. The zero-order valence-electron chi connectivity index (χ0n) is 14.2. The van der Waals surface area contributed by atoms with Crippen molar-refractivity contribution in [1.29, 1.82) is 0 Å². The third kappa shape index (κ3) is 5.61. The minimum absolute atomic E-state index is 0.250. The van der Waals surface area contributed by atoms with E-state index in [2.05, 4.69) is 0 Å². The molecule has 0 aliphatic heterocycles. The van der Waals surface area contributed by atoms with Gasteiger partial charge in [0.05, 0.1) is 0 Å². The van der Waals surface area contributed by atoms with Crippen LogP contribution in [-0.4, -0.2) is 40.7 Å². The van der Waals surface area contributed by atoms with E-state index in [-0.39, 0.29) is 6.47 Å². The fraction of sp³-hybridized carbons (Fsp3) is 0.263. The number of aliphatic hydroxyl groups is 1. The second-order valence-electron chi connectivity index (χ2n) is 5.37. The van der Waals surface area contributed by atoms with Gasteiger partial charge in [0.2, 0.25) is 0 Å². The third-order valence-corrected chi connectivity index (χ3v) is 3.94. The number of benzene rings is 2. The van der Waals surface area contributed by atoms with Crippen LogP contribution < -0.4 is 5.73 Å². The lowest BCUT2D eigenvalue weighted by Gasteiger charge is -2.31. The zero-order valence-corrected chi connectivity index (χ0v) is 14.2. The van der Waals surface area contributed by atoms with Crippen LogP contribution in [0.15, 0.2) is 60.7 Å². The minimum Gasteiger partial charge on any atom is -0.483 e. The maximum Gasteiger partial charge on any atom is 0.314 e. The largest absolute Gasteiger partial charge is 0.483 e. The van der Waals surface area contributed by atoms with Crippen molar-refractivity contribution in [2.45, 2.75) is 18.9 Å². The molecule has 0 aliphatic carbocycles. The summed E-state index contributed by atoms with van der Waals surface area (Å²) in [5, 5.41) is 18.2.